The molecule has 0 bridgehead atoms. The van der Waals surface area contributed by atoms with Gasteiger partial charge < -0.3 is 9.80 Å². The lowest BCUT2D eigenvalue weighted by Gasteiger charge is -2.38. The van der Waals surface area contributed by atoms with Crippen LogP contribution in [-0.2, 0) is 13.0 Å². The number of rotatable bonds is 6. The van der Waals surface area contributed by atoms with Crippen molar-refractivity contribution in [1.82, 2.24) is 24.2 Å². The van der Waals surface area contributed by atoms with Crippen molar-refractivity contribution in [3.8, 4) is 0 Å². The number of hydrogen-bond donors (Lipinski definition) is 0. The molecule has 0 saturated carbocycles. The molecule has 7 heteroatoms. The summed E-state index contributed by atoms with van der Waals surface area (Å²) in [5.74, 6) is 1.26. The highest BCUT2D eigenvalue weighted by atomic mass is 127. The van der Waals surface area contributed by atoms with E-state index in [-0.39, 0.29) is 0 Å². The molecule has 1 unspecified atom stereocenters. The van der Waals surface area contributed by atoms with Gasteiger partial charge in [-0.05, 0) is 57.0 Å². The Morgan fingerprint density at radius 2 is 2.00 bits per heavy atom. The third kappa shape index (κ3) is 4.39. The lowest BCUT2D eigenvalue weighted by molar-refractivity contribution is 0.128. The van der Waals surface area contributed by atoms with E-state index in [1.165, 1.54) is 29.9 Å². The monoisotopic (exact) mass is 544 g/mol. The Hall–Kier alpha value is -1.71. The van der Waals surface area contributed by atoms with Crippen molar-refractivity contribution in [2.24, 2.45) is 0 Å². The van der Waals surface area contributed by atoms with Crippen LogP contribution in [0.25, 0.3) is 5.65 Å². The minimum absolute atomic E-state index is 0.367. The van der Waals surface area contributed by atoms with Crippen LogP contribution in [-0.4, -0.2) is 67.9 Å². The van der Waals surface area contributed by atoms with Gasteiger partial charge in [-0.15, -0.1) is 0 Å². The normalized spacial score (nSPS) is 20.6. The molecule has 0 spiro atoms. The average molecular weight is 544 g/mol. The summed E-state index contributed by atoms with van der Waals surface area (Å²) in [5.41, 5.74) is 4.88. The maximum atomic E-state index is 5.05. The highest BCUT2D eigenvalue weighted by Gasteiger charge is 2.30. The standard InChI is InChI=1S/C25H33IN6/c1-19(16-26)31(22-8-3-6-20-7-5-11-27-25(20)22)17-21-18-32-23(28-21)9-4-10-24(32)30-14-12-29(2)13-15-30/h4-5,7,9-11,18-19,22H,3,6,8,12-17H2,1-2H3/t19?,22-/m0/s1. The molecule has 1 saturated heterocycles. The Morgan fingerprint density at radius 3 is 2.81 bits per heavy atom. The van der Waals surface area contributed by atoms with Gasteiger partial charge in [0.15, 0.2) is 0 Å². The summed E-state index contributed by atoms with van der Waals surface area (Å²) in [6, 6.07) is 11.7. The lowest BCUT2D eigenvalue weighted by atomic mass is 9.90. The quantitative estimate of drug-likeness (QED) is 0.344. The number of anilines is 1. The van der Waals surface area contributed by atoms with Gasteiger partial charge in [-0.3, -0.25) is 14.3 Å². The Morgan fingerprint density at radius 1 is 1.16 bits per heavy atom. The highest BCUT2D eigenvalue weighted by molar-refractivity contribution is 14.1. The van der Waals surface area contributed by atoms with Crippen molar-refractivity contribution in [1.29, 1.82) is 0 Å². The first-order valence-electron chi connectivity index (χ1n) is 11.8. The van der Waals surface area contributed by atoms with E-state index in [0.717, 1.165) is 54.9 Å². The Labute approximate surface area is 204 Å². The third-order valence-electron chi connectivity index (χ3n) is 7.05. The van der Waals surface area contributed by atoms with Gasteiger partial charge in [-0.1, -0.05) is 34.7 Å². The van der Waals surface area contributed by atoms with Crippen molar-refractivity contribution in [2.45, 2.75) is 44.8 Å². The van der Waals surface area contributed by atoms with Gasteiger partial charge in [0.2, 0.25) is 0 Å². The molecule has 2 atom stereocenters. The van der Waals surface area contributed by atoms with Crippen molar-refractivity contribution in [3.63, 3.8) is 0 Å². The molecule has 5 rings (SSSR count). The predicted molar refractivity (Wildman–Crippen MR) is 139 cm³/mol. The summed E-state index contributed by atoms with van der Waals surface area (Å²) < 4.78 is 3.39. The van der Waals surface area contributed by atoms with E-state index in [9.17, 15) is 0 Å². The zero-order chi connectivity index (χ0) is 22.1. The van der Waals surface area contributed by atoms with E-state index in [4.69, 9.17) is 9.97 Å². The van der Waals surface area contributed by atoms with Gasteiger partial charge in [-0.25, -0.2) is 4.98 Å². The van der Waals surface area contributed by atoms with Gasteiger partial charge in [0.05, 0.1) is 17.4 Å². The van der Waals surface area contributed by atoms with Crippen LogP contribution in [0.15, 0.2) is 42.7 Å². The second kappa shape index (κ2) is 9.65. The minimum Gasteiger partial charge on any atom is -0.355 e. The fraction of sp³-hybridized carbons (Fsp3) is 0.520. The highest BCUT2D eigenvalue weighted by Crippen LogP contribution is 2.35. The molecule has 3 aromatic rings. The molecule has 2 aliphatic rings. The third-order valence-corrected chi connectivity index (χ3v) is 8.32. The van der Waals surface area contributed by atoms with E-state index >= 15 is 0 Å². The smallest absolute Gasteiger partial charge is 0.138 e. The molecule has 1 fully saturated rings. The van der Waals surface area contributed by atoms with Gasteiger partial charge in [0.25, 0.3) is 0 Å². The molecule has 0 aromatic carbocycles. The first-order chi connectivity index (χ1) is 15.6. The van der Waals surface area contributed by atoms with E-state index < -0.39 is 0 Å². The number of piperazine rings is 1. The first-order valence-corrected chi connectivity index (χ1v) is 13.3. The summed E-state index contributed by atoms with van der Waals surface area (Å²) in [7, 11) is 2.20. The molecule has 4 heterocycles. The number of aryl methyl sites for hydroxylation is 1. The van der Waals surface area contributed by atoms with E-state index in [0.29, 0.717) is 12.1 Å². The van der Waals surface area contributed by atoms with Crippen LogP contribution in [0.1, 0.15) is 42.8 Å². The molecule has 0 amide bonds. The molecular weight excluding hydrogens is 511 g/mol. The molecule has 32 heavy (non-hydrogen) atoms. The van der Waals surface area contributed by atoms with E-state index in [2.05, 4.69) is 92.2 Å². The van der Waals surface area contributed by atoms with Crippen LogP contribution in [0, 0.1) is 0 Å². The van der Waals surface area contributed by atoms with Gasteiger partial charge in [0, 0.05) is 55.6 Å². The largest absolute Gasteiger partial charge is 0.355 e. The summed E-state index contributed by atoms with van der Waals surface area (Å²) in [5, 5.41) is 0. The van der Waals surface area contributed by atoms with Crippen LogP contribution in [0.5, 0.6) is 0 Å². The Kier molecular flexibility index (Phi) is 6.66. The van der Waals surface area contributed by atoms with Crippen LogP contribution < -0.4 is 4.90 Å². The second-order valence-corrected chi connectivity index (χ2v) is 10.1. The average Bonchev–Trinajstić information content (AvgIpc) is 3.25. The molecule has 1 aliphatic carbocycles. The number of pyridine rings is 2. The van der Waals surface area contributed by atoms with Gasteiger partial charge in [-0.2, -0.15) is 0 Å². The number of halogens is 1. The maximum Gasteiger partial charge on any atom is 0.138 e. The summed E-state index contributed by atoms with van der Waals surface area (Å²) in [6.45, 7) is 7.53. The first kappa shape index (κ1) is 22.1. The molecule has 1 aliphatic heterocycles. The minimum atomic E-state index is 0.367. The second-order valence-electron chi connectivity index (χ2n) is 9.27. The SMILES string of the molecule is CC(CI)N(Cc1cn2c(N3CCN(C)CC3)cccc2n1)[C@H]1CCCc2cccnc21. The van der Waals surface area contributed by atoms with Gasteiger partial charge in [0.1, 0.15) is 11.5 Å². The van der Waals surface area contributed by atoms with Crippen molar-refractivity contribution < 1.29 is 0 Å². The number of aromatic nitrogens is 3. The van der Waals surface area contributed by atoms with Crippen molar-refractivity contribution in [2.75, 3.05) is 42.6 Å². The number of likely N-dealkylation sites (N-methyl/N-ethyl adjacent to an activating group) is 1. The Balaban J connectivity index is 1.45. The van der Waals surface area contributed by atoms with Crippen LogP contribution in [0.4, 0.5) is 5.82 Å². The molecular formula is C25H33IN6. The molecule has 0 radical (unpaired) electrons. The molecule has 170 valence electrons. The number of hydrogen-bond acceptors (Lipinski definition) is 5. The number of imidazole rings is 1. The van der Waals surface area contributed by atoms with E-state index in [1.54, 1.807) is 0 Å². The zero-order valence-electron chi connectivity index (χ0n) is 19.1. The predicted octanol–water partition coefficient (Wildman–Crippen LogP) is 4.18. The maximum absolute atomic E-state index is 5.05. The van der Waals surface area contributed by atoms with E-state index in [1.807, 2.05) is 6.20 Å². The van der Waals surface area contributed by atoms with Gasteiger partial charge >= 0.3 is 0 Å². The molecule has 0 N–H and O–H groups in total. The van der Waals surface area contributed by atoms with Crippen molar-refractivity contribution >= 4 is 34.1 Å². The Bertz CT molecular complexity index is 1060. The summed E-state index contributed by atoms with van der Waals surface area (Å²) in [6.07, 6.45) is 7.77. The number of fused-ring (bicyclic) bond motifs is 2. The molecule has 6 nitrogen and oxygen atoms in total. The lowest BCUT2D eigenvalue weighted by Crippen LogP contribution is -2.45. The summed E-state index contributed by atoms with van der Waals surface area (Å²) in [4.78, 5) is 17.4. The van der Waals surface area contributed by atoms with Crippen molar-refractivity contribution in [3.05, 3.63) is 59.7 Å². The molecule has 3 aromatic heterocycles. The topological polar surface area (TPSA) is 39.9 Å². The van der Waals surface area contributed by atoms with Crippen LogP contribution >= 0.6 is 22.6 Å². The fourth-order valence-corrected chi connectivity index (χ4v) is 5.68. The number of nitrogens with zero attached hydrogens (tertiary/aromatic N) is 6. The summed E-state index contributed by atoms with van der Waals surface area (Å²) >= 11 is 2.52. The fourth-order valence-electron chi connectivity index (χ4n) is 5.17. The number of alkyl halides is 1. The zero-order valence-corrected chi connectivity index (χ0v) is 21.3. The van der Waals surface area contributed by atoms with Crippen LogP contribution in [0.3, 0.4) is 0 Å². The van der Waals surface area contributed by atoms with Crippen LogP contribution in [0.2, 0.25) is 0 Å².